The average Bonchev–Trinajstić information content (AvgIpc) is 2.69. The molecule has 2 aliphatic heterocycles. The van der Waals surface area contributed by atoms with Crippen molar-refractivity contribution in [3.63, 3.8) is 0 Å². The van der Waals surface area contributed by atoms with Crippen LogP contribution in [0.15, 0.2) is 42.7 Å². The number of ether oxygens (including phenoxy) is 1. The van der Waals surface area contributed by atoms with Crippen molar-refractivity contribution < 1.29 is 14.6 Å². The third-order valence-electron chi connectivity index (χ3n) is 5.53. The van der Waals surface area contributed by atoms with Gasteiger partial charge in [0.05, 0.1) is 30.2 Å². The Labute approximate surface area is 158 Å². The second-order valence-electron chi connectivity index (χ2n) is 7.41. The molecule has 2 atom stereocenters. The summed E-state index contributed by atoms with van der Waals surface area (Å²) in [5.41, 5.74) is 6.25. The van der Waals surface area contributed by atoms with Gasteiger partial charge in [-0.05, 0) is 18.4 Å². The van der Waals surface area contributed by atoms with Gasteiger partial charge in [-0.25, -0.2) is 4.98 Å². The smallest absolute Gasteiger partial charge is 0.268 e. The zero-order chi connectivity index (χ0) is 18.9. The molecule has 1 amide bonds. The standard InChI is InChI=1S/C20H24N4O3/c21-19(26)16-12-22-13-18(23-16)24-8-6-20(7-9-24)11-15(25)10-17(27-20)14-4-2-1-3-5-14/h1-5,12-13,15,17,25H,6-11H2,(H2,21,26)/t15-,17-/m1/s1. The molecule has 2 aliphatic rings. The molecule has 3 N–H and O–H groups in total. The number of anilines is 1. The number of hydrogen-bond donors (Lipinski definition) is 2. The molecule has 7 heteroatoms. The Morgan fingerprint density at radius 2 is 1.96 bits per heavy atom. The third-order valence-corrected chi connectivity index (χ3v) is 5.53. The normalized spacial score (nSPS) is 24.7. The maximum atomic E-state index is 11.3. The van der Waals surface area contributed by atoms with E-state index in [1.807, 2.05) is 18.2 Å². The maximum absolute atomic E-state index is 11.3. The second kappa shape index (κ2) is 7.25. The van der Waals surface area contributed by atoms with Crippen LogP contribution in [0.3, 0.4) is 0 Å². The van der Waals surface area contributed by atoms with Crippen molar-refractivity contribution in [3.05, 3.63) is 54.0 Å². The molecule has 27 heavy (non-hydrogen) atoms. The third kappa shape index (κ3) is 3.79. The average molecular weight is 368 g/mol. The van der Waals surface area contributed by atoms with E-state index in [0.29, 0.717) is 18.7 Å². The van der Waals surface area contributed by atoms with Crippen LogP contribution >= 0.6 is 0 Å². The Hall–Kier alpha value is -2.51. The fourth-order valence-corrected chi connectivity index (χ4v) is 4.12. The van der Waals surface area contributed by atoms with Crippen molar-refractivity contribution in [2.24, 2.45) is 5.73 Å². The maximum Gasteiger partial charge on any atom is 0.268 e. The highest BCUT2D eigenvalue weighted by atomic mass is 16.5. The van der Waals surface area contributed by atoms with Crippen molar-refractivity contribution >= 4 is 11.7 Å². The number of benzene rings is 1. The Balaban J connectivity index is 1.47. The summed E-state index contributed by atoms with van der Waals surface area (Å²) >= 11 is 0. The molecule has 2 aromatic rings. The molecule has 7 nitrogen and oxygen atoms in total. The van der Waals surface area contributed by atoms with Crippen molar-refractivity contribution in [3.8, 4) is 0 Å². The summed E-state index contributed by atoms with van der Waals surface area (Å²) in [5, 5.41) is 10.5. The first-order valence-electron chi connectivity index (χ1n) is 9.32. The quantitative estimate of drug-likeness (QED) is 0.857. The van der Waals surface area contributed by atoms with Crippen LogP contribution in [-0.2, 0) is 4.74 Å². The van der Waals surface area contributed by atoms with Crippen LogP contribution in [-0.4, -0.2) is 45.8 Å². The Morgan fingerprint density at radius 3 is 2.67 bits per heavy atom. The Kier molecular flexibility index (Phi) is 4.80. The van der Waals surface area contributed by atoms with Crippen molar-refractivity contribution in [1.29, 1.82) is 0 Å². The molecular formula is C20H24N4O3. The predicted octanol–water partition coefficient (Wildman–Crippen LogP) is 1.83. The summed E-state index contributed by atoms with van der Waals surface area (Å²) in [5.74, 6) is 0.0689. The van der Waals surface area contributed by atoms with Gasteiger partial charge in [0.25, 0.3) is 5.91 Å². The minimum absolute atomic E-state index is 0.0838. The van der Waals surface area contributed by atoms with Gasteiger partial charge in [0.2, 0.25) is 0 Å². The Morgan fingerprint density at radius 1 is 1.22 bits per heavy atom. The molecule has 0 radical (unpaired) electrons. The van der Waals surface area contributed by atoms with E-state index in [4.69, 9.17) is 10.5 Å². The van der Waals surface area contributed by atoms with Gasteiger partial charge in [-0.1, -0.05) is 30.3 Å². The lowest BCUT2D eigenvalue weighted by Gasteiger charge is -2.48. The Bertz CT molecular complexity index is 806. The van der Waals surface area contributed by atoms with E-state index in [-0.39, 0.29) is 23.5 Å². The van der Waals surface area contributed by atoms with Gasteiger partial charge in [-0.3, -0.25) is 9.78 Å². The summed E-state index contributed by atoms with van der Waals surface area (Å²) in [7, 11) is 0. The number of carbonyl (C=O) groups is 1. The number of carbonyl (C=O) groups excluding carboxylic acids is 1. The number of aliphatic hydroxyl groups is 1. The zero-order valence-corrected chi connectivity index (χ0v) is 15.1. The lowest BCUT2D eigenvalue weighted by Crippen LogP contribution is -2.51. The summed E-state index contributed by atoms with van der Waals surface area (Å²) in [6.45, 7) is 1.45. The lowest BCUT2D eigenvalue weighted by atomic mass is 9.81. The summed E-state index contributed by atoms with van der Waals surface area (Å²) < 4.78 is 6.52. The summed E-state index contributed by atoms with van der Waals surface area (Å²) in [6.07, 6.45) is 5.42. The summed E-state index contributed by atoms with van der Waals surface area (Å²) in [4.78, 5) is 21.8. The van der Waals surface area contributed by atoms with Gasteiger partial charge in [0, 0.05) is 25.9 Å². The molecule has 0 bridgehead atoms. The lowest BCUT2D eigenvalue weighted by molar-refractivity contribution is -0.173. The van der Waals surface area contributed by atoms with Crippen molar-refractivity contribution in [2.75, 3.05) is 18.0 Å². The van der Waals surface area contributed by atoms with Crippen LogP contribution < -0.4 is 10.6 Å². The molecule has 3 heterocycles. The summed E-state index contributed by atoms with van der Waals surface area (Å²) in [6, 6.07) is 10.1. The van der Waals surface area contributed by atoms with Gasteiger partial charge in [0.15, 0.2) is 0 Å². The van der Waals surface area contributed by atoms with Gasteiger partial charge >= 0.3 is 0 Å². The molecule has 4 rings (SSSR count). The number of aliphatic hydroxyl groups excluding tert-OH is 1. The van der Waals surface area contributed by atoms with E-state index >= 15 is 0 Å². The fourth-order valence-electron chi connectivity index (χ4n) is 4.12. The largest absolute Gasteiger partial charge is 0.393 e. The minimum Gasteiger partial charge on any atom is -0.393 e. The zero-order valence-electron chi connectivity index (χ0n) is 15.1. The predicted molar refractivity (Wildman–Crippen MR) is 100 cm³/mol. The van der Waals surface area contributed by atoms with Crippen LogP contribution in [0.5, 0.6) is 0 Å². The van der Waals surface area contributed by atoms with Gasteiger partial charge in [0.1, 0.15) is 11.5 Å². The number of amides is 1. The minimum atomic E-state index is -0.581. The highest BCUT2D eigenvalue weighted by Gasteiger charge is 2.43. The molecule has 1 aromatic heterocycles. The fraction of sp³-hybridized carbons (Fsp3) is 0.450. The van der Waals surface area contributed by atoms with Crippen LogP contribution in [0.1, 0.15) is 47.8 Å². The number of rotatable bonds is 3. The second-order valence-corrected chi connectivity index (χ2v) is 7.41. The van der Waals surface area contributed by atoms with E-state index in [0.717, 1.165) is 31.5 Å². The van der Waals surface area contributed by atoms with Crippen LogP contribution in [0.25, 0.3) is 0 Å². The topological polar surface area (TPSA) is 102 Å². The number of nitrogens with two attached hydrogens (primary N) is 1. The monoisotopic (exact) mass is 368 g/mol. The molecular weight excluding hydrogens is 344 g/mol. The van der Waals surface area contributed by atoms with E-state index in [9.17, 15) is 9.90 Å². The molecule has 2 saturated heterocycles. The van der Waals surface area contributed by atoms with E-state index in [2.05, 4.69) is 27.0 Å². The van der Waals surface area contributed by atoms with E-state index in [1.165, 1.54) is 6.20 Å². The first kappa shape index (κ1) is 17.9. The number of primary amides is 1. The molecule has 142 valence electrons. The molecule has 0 saturated carbocycles. The van der Waals surface area contributed by atoms with Gasteiger partial charge in [-0.15, -0.1) is 0 Å². The van der Waals surface area contributed by atoms with Crippen LogP contribution in [0.2, 0.25) is 0 Å². The van der Waals surface area contributed by atoms with Gasteiger partial charge in [-0.2, -0.15) is 0 Å². The molecule has 0 aliphatic carbocycles. The molecule has 1 aromatic carbocycles. The highest BCUT2D eigenvalue weighted by Crippen LogP contribution is 2.43. The SMILES string of the molecule is NC(=O)c1cncc(N2CCC3(CC2)C[C@H](O)C[C@H](c2ccccc2)O3)n1. The van der Waals surface area contributed by atoms with Gasteiger partial charge < -0.3 is 20.5 Å². The van der Waals surface area contributed by atoms with Crippen LogP contribution in [0, 0.1) is 0 Å². The molecule has 0 unspecified atom stereocenters. The number of aromatic nitrogens is 2. The van der Waals surface area contributed by atoms with Crippen LogP contribution in [0.4, 0.5) is 5.82 Å². The molecule has 2 fully saturated rings. The van der Waals surface area contributed by atoms with E-state index in [1.54, 1.807) is 6.20 Å². The number of hydrogen-bond acceptors (Lipinski definition) is 6. The first-order chi connectivity index (χ1) is 13.0. The molecule has 1 spiro atoms. The number of piperidine rings is 1. The van der Waals surface area contributed by atoms with E-state index < -0.39 is 5.91 Å². The number of nitrogens with zero attached hydrogens (tertiary/aromatic N) is 3. The van der Waals surface area contributed by atoms with Crippen molar-refractivity contribution in [1.82, 2.24) is 9.97 Å². The first-order valence-corrected chi connectivity index (χ1v) is 9.32. The highest BCUT2D eigenvalue weighted by molar-refractivity contribution is 5.90. The van der Waals surface area contributed by atoms with Crippen molar-refractivity contribution in [2.45, 2.75) is 43.5 Å².